The van der Waals surface area contributed by atoms with Gasteiger partial charge in [-0.25, -0.2) is 8.42 Å². The fraction of sp³-hybridized carbons (Fsp3) is 0.250. The average molecular weight is 269 g/mol. The number of nitrogens with zero attached hydrogens (tertiary/aromatic N) is 1. The minimum Gasteiger partial charge on any atom is -0.264 e. The number of halogens is 3. The second-order valence-electron chi connectivity index (χ2n) is 3.09. The van der Waals surface area contributed by atoms with E-state index in [4.69, 9.17) is 0 Å². The summed E-state index contributed by atoms with van der Waals surface area (Å²) < 4.78 is 58.6. The average Bonchev–Trinajstić information content (AvgIpc) is 2.15. The molecule has 0 aromatic heterocycles. The molecule has 0 radical (unpaired) electrons. The lowest BCUT2D eigenvalue weighted by Gasteiger charge is -2.08. The highest BCUT2D eigenvalue weighted by Crippen LogP contribution is 2.30. The third-order valence-corrected chi connectivity index (χ3v) is 3.31. The standard InChI is InChI=1S/C8H6F3NO4S/c9-8(10,11)17(15,16)7-3-1-2-6(4-7)5-12(13)14/h1-4H,5H2. The van der Waals surface area contributed by atoms with E-state index >= 15 is 0 Å². The summed E-state index contributed by atoms with van der Waals surface area (Å²) in [6, 6.07) is 3.59. The summed E-state index contributed by atoms with van der Waals surface area (Å²) in [5, 5.41) is 10.2. The van der Waals surface area contributed by atoms with Crippen molar-refractivity contribution in [1.29, 1.82) is 0 Å². The first-order valence-electron chi connectivity index (χ1n) is 4.16. The van der Waals surface area contributed by atoms with Crippen LogP contribution in [0.1, 0.15) is 5.56 Å². The van der Waals surface area contributed by atoms with Crippen LogP contribution in [0.5, 0.6) is 0 Å². The summed E-state index contributed by atoms with van der Waals surface area (Å²) in [4.78, 5) is 8.40. The van der Waals surface area contributed by atoms with Crippen molar-refractivity contribution in [2.75, 3.05) is 0 Å². The van der Waals surface area contributed by atoms with Gasteiger partial charge in [-0.2, -0.15) is 13.2 Å². The first-order valence-corrected chi connectivity index (χ1v) is 5.65. The van der Waals surface area contributed by atoms with Crippen molar-refractivity contribution in [3.8, 4) is 0 Å². The van der Waals surface area contributed by atoms with Crippen molar-refractivity contribution < 1.29 is 26.5 Å². The third-order valence-electron chi connectivity index (χ3n) is 1.83. The van der Waals surface area contributed by atoms with Crippen molar-refractivity contribution in [1.82, 2.24) is 0 Å². The van der Waals surface area contributed by atoms with E-state index in [0.29, 0.717) is 6.07 Å². The Morgan fingerprint density at radius 3 is 2.35 bits per heavy atom. The molecule has 0 saturated heterocycles. The largest absolute Gasteiger partial charge is 0.501 e. The lowest BCUT2D eigenvalue weighted by molar-refractivity contribution is -0.496. The smallest absolute Gasteiger partial charge is 0.264 e. The van der Waals surface area contributed by atoms with Gasteiger partial charge in [0.2, 0.25) is 6.54 Å². The van der Waals surface area contributed by atoms with Gasteiger partial charge < -0.3 is 0 Å². The molecule has 1 rings (SSSR count). The number of hydrogen-bond acceptors (Lipinski definition) is 4. The van der Waals surface area contributed by atoms with Crippen LogP contribution >= 0.6 is 0 Å². The molecule has 0 aliphatic rings. The predicted molar refractivity (Wildman–Crippen MR) is 50.4 cm³/mol. The highest BCUT2D eigenvalue weighted by atomic mass is 32.2. The SMILES string of the molecule is O=[N+]([O-])Cc1cccc(S(=O)(=O)C(F)(F)F)c1. The molecule has 94 valence electrons. The molecule has 9 heteroatoms. The normalized spacial score (nSPS) is 12.4. The first-order chi connectivity index (χ1) is 7.64. The van der Waals surface area contributed by atoms with Gasteiger partial charge in [-0.1, -0.05) is 12.1 Å². The molecule has 0 N–H and O–H groups in total. The minimum absolute atomic E-state index is 0.111. The number of sulfone groups is 1. The highest BCUT2D eigenvalue weighted by molar-refractivity contribution is 7.92. The fourth-order valence-electron chi connectivity index (χ4n) is 1.09. The number of benzene rings is 1. The van der Waals surface area contributed by atoms with Gasteiger partial charge in [0, 0.05) is 10.5 Å². The Morgan fingerprint density at radius 1 is 1.29 bits per heavy atom. The Balaban J connectivity index is 3.21. The van der Waals surface area contributed by atoms with Crippen LogP contribution in [-0.2, 0) is 16.4 Å². The Hall–Kier alpha value is -1.64. The third kappa shape index (κ3) is 2.93. The van der Waals surface area contributed by atoms with Gasteiger partial charge in [-0.05, 0) is 12.1 Å². The minimum atomic E-state index is -5.46. The molecular weight excluding hydrogens is 263 g/mol. The van der Waals surface area contributed by atoms with Crippen LogP contribution in [0.2, 0.25) is 0 Å². The van der Waals surface area contributed by atoms with Crippen LogP contribution in [-0.4, -0.2) is 18.8 Å². The van der Waals surface area contributed by atoms with Crippen molar-refractivity contribution in [3.63, 3.8) is 0 Å². The van der Waals surface area contributed by atoms with Crippen molar-refractivity contribution in [2.24, 2.45) is 0 Å². The summed E-state index contributed by atoms with van der Waals surface area (Å²) in [5.74, 6) is 0. The molecule has 0 aliphatic carbocycles. The molecule has 0 atom stereocenters. The van der Waals surface area contributed by atoms with E-state index in [2.05, 4.69) is 0 Å². The maximum atomic E-state index is 12.2. The van der Waals surface area contributed by atoms with Gasteiger partial charge in [0.15, 0.2) is 0 Å². The Kier molecular flexibility index (Phi) is 3.41. The zero-order chi connectivity index (χ0) is 13.3. The number of nitro groups is 1. The van der Waals surface area contributed by atoms with Crippen LogP contribution < -0.4 is 0 Å². The van der Waals surface area contributed by atoms with E-state index in [9.17, 15) is 31.7 Å². The number of rotatable bonds is 3. The van der Waals surface area contributed by atoms with Gasteiger partial charge in [0.1, 0.15) is 0 Å². The second kappa shape index (κ2) is 4.32. The molecule has 1 aromatic carbocycles. The molecule has 0 aliphatic heterocycles. The molecule has 17 heavy (non-hydrogen) atoms. The van der Waals surface area contributed by atoms with Gasteiger partial charge in [0.05, 0.1) is 4.90 Å². The van der Waals surface area contributed by atoms with Crippen molar-refractivity contribution in [3.05, 3.63) is 39.9 Å². The summed E-state index contributed by atoms with van der Waals surface area (Å²) in [6.07, 6.45) is 0. The highest BCUT2D eigenvalue weighted by Gasteiger charge is 2.46. The van der Waals surface area contributed by atoms with Gasteiger partial charge in [-0.3, -0.25) is 10.1 Å². The van der Waals surface area contributed by atoms with Crippen LogP contribution in [0.3, 0.4) is 0 Å². The summed E-state index contributed by atoms with van der Waals surface area (Å²) >= 11 is 0. The molecule has 0 heterocycles. The topological polar surface area (TPSA) is 77.3 Å². The van der Waals surface area contributed by atoms with Crippen LogP contribution in [0, 0.1) is 10.1 Å². The van der Waals surface area contributed by atoms with E-state index < -0.39 is 31.7 Å². The molecule has 5 nitrogen and oxygen atoms in total. The lowest BCUT2D eigenvalue weighted by atomic mass is 10.2. The Morgan fingerprint density at radius 2 is 1.88 bits per heavy atom. The zero-order valence-corrected chi connectivity index (χ0v) is 8.96. The molecule has 0 fully saturated rings. The zero-order valence-electron chi connectivity index (χ0n) is 8.14. The Bertz CT molecular complexity index is 538. The van der Waals surface area contributed by atoms with Crippen LogP contribution in [0.25, 0.3) is 0 Å². The van der Waals surface area contributed by atoms with Gasteiger partial charge >= 0.3 is 5.51 Å². The monoisotopic (exact) mass is 269 g/mol. The molecule has 0 amide bonds. The predicted octanol–water partition coefficient (Wildman–Crippen LogP) is 1.76. The summed E-state index contributed by atoms with van der Waals surface area (Å²) in [6.45, 7) is -0.735. The molecule has 1 aromatic rings. The number of alkyl halides is 3. The molecule has 0 spiro atoms. The fourth-order valence-corrected chi connectivity index (χ4v) is 1.93. The first kappa shape index (κ1) is 13.4. The molecule has 0 unspecified atom stereocenters. The molecule has 0 saturated carbocycles. The van der Waals surface area contributed by atoms with Crippen LogP contribution in [0.15, 0.2) is 29.2 Å². The van der Waals surface area contributed by atoms with E-state index in [1.54, 1.807) is 0 Å². The van der Waals surface area contributed by atoms with E-state index in [0.717, 1.165) is 12.1 Å². The second-order valence-corrected chi connectivity index (χ2v) is 5.03. The number of hydrogen-bond donors (Lipinski definition) is 0. The van der Waals surface area contributed by atoms with Gasteiger partial charge in [0.25, 0.3) is 9.84 Å². The quantitative estimate of drug-likeness (QED) is 0.618. The van der Waals surface area contributed by atoms with Gasteiger partial charge in [-0.15, -0.1) is 0 Å². The lowest BCUT2D eigenvalue weighted by Crippen LogP contribution is -2.23. The molecule has 0 bridgehead atoms. The van der Waals surface area contributed by atoms with E-state index in [1.807, 2.05) is 0 Å². The van der Waals surface area contributed by atoms with E-state index in [1.165, 1.54) is 6.07 Å². The van der Waals surface area contributed by atoms with Crippen molar-refractivity contribution in [2.45, 2.75) is 16.9 Å². The maximum Gasteiger partial charge on any atom is 0.501 e. The van der Waals surface area contributed by atoms with Crippen molar-refractivity contribution >= 4 is 9.84 Å². The maximum absolute atomic E-state index is 12.2. The summed E-state index contributed by atoms with van der Waals surface area (Å²) in [5.41, 5.74) is -5.53. The van der Waals surface area contributed by atoms with Crippen LogP contribution in [0.4, 0.5) is 13.2 Å². The Labute approximate surface area is 93.9 Å². The summed E-state index contributed by atoms with van der Waals surface area (Å²) in [7, 11) is -5.46. The van der Waals surface area contributed by atoms with E-state index in [-0.39, 0.29) is 5.56 Å². The molecular formula is C8H6F3NO4S.